The molecule has 0 saturated heterocycles. The molecule has 0 unspecified atom stereocenters. The molecule has 0 saturated carbocycles. The van der Waals surface area contributed by atoms with Crippen LogP contribution in [0.5, 0.6) is 5.75 Å². The lowest BCUT2D eigenvalue weighted by atomic mass is 9.95. The highest BCUT2D eigenvalue weighted by molar-refractivity contribution is 5.74. The maximum Gasteiger partial charge on any atom is 0.126 e. The number of hydrogen-bond donors (Lipinski definition) is 1. The minimum Gasteiger partial charge on any atom is -0.507 e. The normalized spacial score (nSPS) is 13.7. The number of rotatable bonds is 1. The summed E-state index contributed by atoms with van der Waals surface area (Å²) in [5.41, 5.74) is 5.92. The molecular formula is C16H16O. The first kappa shape index (κ1) is 10.4. The zero-order chi connectivity index (χ0) is 11.8. The van der Waals surface area contributed by atoms with Gasteiger partial charge in [0.05, 0.1) is 0 Å². The second kappa shape index (κ2) is 3.92. The standard InChI is InChI=1S/C16H16O/c1-11-14-9-5-8-13(14)10-15(16(11)17)12-6-3-2-4-7-12/h2-4,6-7,10,17H,5,8-9H2,1H3. The van der Waals surface area contributed by atoms with E-state index in [9.17, 15) is 5.11 Å². The molecular weight excluding hydrogens is 208 g/mol. The fraction of sp³-hybridized carbons (Fsp3) is 0.250. The van der Waals surface area contributed by atoms with Crippen molar-refractivity contribution in [3.63, 3.8) is 0 Å². The quantitative estimate of drug-likeness (QED) is 0.780. The van der Waals surface area contributed by atoms with Crippen molar-refractivity contribution < 1.29 is 5.11 Å². The smallest absolute Gasteiger partial charge is 0.126 e. The molecule has 0 radical (unpaired) electrons. The first-order chi connectivity index (χ1) is 8.27. The maximum atomic E-state index is 10.3. The minimum absolute atomic E-state index is 0.455. The highest BCUT2D eigenvalue weighted by Gasteiger charge is 2.18. The topological polar surface area (TPSA) is 20.2 Å². The van der Waals surface area contributed by atoms with Crippen molar-refractivity contribution in [2.75, 3.05) is 0 Å². The Bertz CT molecular complexity index is 555. The Morgan fingerprint density at radius 3 is 2.59 bits per heavy atom. The molecule has 86 valence electrons. The van der Waals surface area contributed by atoms with E-state index in [1.165, 1.54) is 17.5 Å². The van der Waals surface area contributed by atoms with Crippen LogP contribution >= 0.6 is 0 Å². The van der Waals surface area contributed by atoms with Gasteiger partial charge in [0.1, 0.15) is 5.75 Å². The largest absolute Gasteiger partial charge is 0.507 e. The van der Waals surface area contributed by atoms with Crippen molar-refractivity contribution in [2.45, 2.75) is 26.2 Å². The Morgan fingerprint density at radius 1 is 1.06 bits per heavy atom. The molecule has 0 aliphatic heterocycles. The number of benzene rings is 2. The number of phenolic OH excluding ortho intramolecular Hbond substituents is 1. The molecule has 2 aromatic rings. The van der Waals surface area contributed by atoms with E-state index in [0.29, 0.717) is 5.75 Å². The van der Waals surface area contributed by atoms with E-state index in [-0.39, 0.29) is 0 Å². The maximum absolute atomic E-state index is 10.3. The molecule has 0 atom stereocenters. The predicted octanol–water partition coefficient (Wildman–Crippen LogP) is 3.86. The number of phenols is 1. The van der Waals surface area contributed by atoms with Crippen LogP contribution < -0.4 is 0 Å². The number of aromatic hydroxyl groups is 1. The molecule has 1 aliphatic carbocycles. The Kier molecular flexibility index (Phi) is 2.40. The fourth-order valence-electron chi connectivity index (χ4n) is 2.78. The second-order valence-corrected chi connectivity index (χ2v) is 4.75. The molecule has 0 bridgehead atoms. The van der Waals surface area contributed by atoms with Crippen molar-refractivity contribution in [1.82, 2.24) is 0 Å². The lowest BCUT2D eigenvalue weighted by Gasteiger charge is -2.12. The van der Waals surface area contributed by atoms with Gasteiger partial charge in [-0.05, 0) is 54.5 Å². The van der Waals surface area contributed by atoms with E-state index in [0.717, 1.165) is 29.5 Å². The van der Waals surface area contributed by atoms with Crippen LogP contribution in [-0.2, 0) is 12.8 Å². The summed E-state index contributed by atoms with van der Waals surface area (Å²) >= 11 is 0. The number of aryl methyl sites for hydroxylation is 1. The summed E-state index contributed by atoms with van der Waals surface area (Å²) in [6.45, 7) is 2.03. The molecule has 1 nitrogen and oxygen atoms in total. The van der Waals surface area contributed by atoms with Crippen molar-refractivity contribution in [3.05, 3.63) is 53.1 Å². The summed E-state index contributed by atoms with van der Waals surface area (Å²) < 4.78 is 0. The monoisotopic (exact) mass is 224 g/mol. The molecule has 2 aromatic carbocycles. The van der Waals surface area contributed by atoms with E-state index < -0.39 is 0 Å². The highest BCUT2D eigenvalue weighted by Crippen LogP contribution is 2.38. The summed E-state index contributed by atoms with van der Waals surface area (Å²) in [5, 5.41) is 10.3. The second-order valence-electron chi connectivity index (χ2n) is 4.75. The third-order valence-electron chi connectivity index (χ3n) is 3.73. The van der Waals surface area contributed by atoms with Gasteiger partial charge in [-0.15, -0.1) is 0 Å². The predicted molar refractivity (Wildman–Crippen MR) is 70.3 cm³/mol. The van der Waals surface area contributed by atoms with Gasteiger partial charge < -0.3 is 5.11 Å². The molecule has 0 amide bonds. The van der Waals surface area contributed by atoms with Crippen LogP contribution in [0.2, 0.25) is 0 Å². The summed E-state index contributed by atoms with van der Waals surface area (Å²) in [6, 6.07) is 12.3. The van der Waals surface area contributed by atoms with Gasteiger partial charge in [-0.3, -0.25) is 0 Å². The molecule has 0 spiro atoms. The third kappa shape index (κ3) is 1.62. The van der Waals surface area contributed by atoms with Crippen LogP contribution in [-0.4, -0.2) is 5.11 Å². The zero-order valence-corrected chi connectivity index (χ0v) is 10.0. The molecule has 3 rings (SSSR count). The zero-order valence-electron chi connectivity index (χ0n) is 10.0. The Morgan fingerprint density at radius 2 is 1.82 bits per heavy atom. The molecule has 17 heavy (non-hydrogen) atoms. The van der Waals surface area contributed by atoms with Crippen molar-refractivity contribution in [1.29, 1.82) is 0 Å². The molecule has 1 heteroatoms. The molecule has 1 N–H and O–H groups in total. The van der Waals surface area contributed by atoms with Crippen LogP contribution in [0.4, 0.5) is 0 Å². The minimum atomic E-state index is 0.455. The first-order valence-corrected chi connectivity index (χ1v) is 6.17. The van der Waals surface area contributed by atoms with Crippen molar-refractivity contribution in [2.24, 2.45) is 0 Å². The average molecular weight is 224 g/mol. The number of fused-ring (bicyclic) bond motifs is 1. The van der Waals surface area contributed by atoms with Crippen LogP contribution in [0.25, 0.3) is 11.1 Å². The highest BCUT2D eigenvalue weighted by atomic mass is 16.3. The van der Waals surface area contributed by atoms with Crippen LogP contribution in [0.3, 0.4) is 0 Å². The Balaban J connectivity index is 2.22. The first-order valence-electron chi connectivity index (χ1n) is 6.17. The molecule has 0 aromatic heterocycles. The fourth-order valence-corrected chi connectivity index (χ4v) is 2.78. The van der Waals surface area contributed by atoms with Gasteiger partial charge in [0.2, 0.25) is 0 Å². The summed E-state index contributed by atoms with van der Waals surface area (Å²) in [6.07, 6.45) is 3.48. The van der Waals surface area contributed by atoms with E-state index in [4.69, 9.17) is 0 Å². The lowest BCUT2D eigenvalue weighted by Crippen LogP contribution is -1.91. The summed E-state index contributed by atoms with van der Waals surface area (Å²) in [4.78, 5) is 0. The van der Waals surface area contributed by atoms with E-state index in [1.54, 1.807) is 0 Å². The van der Waals surface area contributed by atoms with Gasteiger partial charge in [-0.2, -0.15) is 0 Å². The van der Waals surface area contributed by atoms with Gasteiger partial charge >= 0.3 is 0 Å². The van der Waals surface area contributed by atoms with E-state index >= 15 is 0 Å². The van der Waals surface area contributed by atoms with Crippen molar-refractivity contribution in [3.8, 4) is 16.9 Å². The van der Waals surface area contributed by atoms with Gasteiger partial charge in [-0.1, -0.05) is 30.3 Å². The Labute approximate surface area is 102 Å². The van der Waals surface area contributed by atoms with Gasteiger partial charge in [0.25, 0.3) is 0 Å². The molecule has 0 fully saturated rings. The van der Waals surface area contributed by atoms with E-state index in [1.807, 2.05) is 25.1 Å². The number of hydrogen-bond acceptors (Lipinski definition) is 1. The summed E-state index contributed by atoms with van der Waals surface area (Å²) in [5.74, 6) is 0.455. The molecule has 1 aliphatic rings. The van der Waals surface area contributed by atoms with Crippen LogP contribution in [0.15, 0.2) is 36.4 Å². The van der Waals surface area contributed by atoms with E-state index in [2.05, 4.69) is 18.2 Å². The Hall–Kier alpha value is -1.76. The average Bonchev–Trinajstić information content (AvgIpc) is 2.83. The lowest BCUT2D eigenvalue weighted by molar-refractivity contribution is 0.472. The van der Waals surface area contributed by atoms with Gasteiger partial charge in [-0.25, -0.2) is 0 Å². The van der Waals surface area contributed by atoms with Gasteiger partial charge in [0, 0.05) is 5.56 Å². The third-order valence-corrected chi connectivity index (χ3v) is 3.73. The molecule has 0 heterocycles. The van der Waals surface area contributed by atoms with Crippen LogP contribution in [0, 0.1) is 6.92 Å². The summed E-state index contributed by atoms with van der Waals surface area (Å²) in [7, 11) is 0. The SMILES string of the molecule is Cc1c(O)c(-c2ccccc2)cc2c1CCC2. The van der Waals surface area contributed by atoms with Crippen molar-refractivity contribution >= 4 is 0 Å². The van der Waals surface area contributed by atoms with Gasteiger partial charge in [0.15, 0.2) is 0 Å². The van der Waals surface area contributed by atoms with Crippen LogP contribution in [0.1, 0.15) is 23.1 Å².